The van der Waals surface area contributed by atoms with Gasteiger partial charge in [0.1, 0.15) is 10.4 Å². The average molecular weight is 279 g/mol. The smallest absolute Gasteiger partial charge is 0.126 e. The normalized spacial score (nSPS) is 10.1. The molecule has 0 amide bonds. The minimum atomic E-state index is 0.673. The van der Waals surface area contributed by atoms with Crippen LogP contribution in [-0.2, 0) is 0 Å². The molecule has 16 heavy (non-hydrogen) atoms. The third-order valence-electron chi connectivity index (χ3n) is 2.31. The molecule has 82 valence electrons. The van der Waals surface area contributed by atoms with Gasteiger partial charge in [-0.05, 0) is 28.1 Å². The highest BCUT2D eigenvalue weighted by Gasteiger charge is 2.12. The maximum Gasteiger partial charge on any atom is 0.126 e. The molecule has 3 nitrogen and oxygen atoms in total. The van der Waals surface area contributed by atoms with Gasteiger partial charge in [-0.3, -0.25) is 0 Å². The largest absolute Gasteiger partial charge is 0.496 e. The van der Waals surface area contributed by atoms with Crippen LogP contribution in [0.25, 0.3) is 11.1 Å². The number of nitrogens with zero attached hydrogens (tertiary/aromatic N) is 1. The van der Waals surface area contributed by atoms with Gasteiger partial charge in [-0.1, -0.05) is 18.2 Å². The van der Waals surface area contributed by atoms with Crippen molar-refractivity contribution < 1.29 is 4.74 Å². The van der Waals surface area contributed by atoms with Gasteiger partial charge in [0, 0.05) is 23.0 Å². The first-order chi connectivity index (χ1) is 7.74. The van der Waals surface area contributed by atoms with Crippen LogP contribution in [0.3, 0.4) is 0 Å². The average Bonchev–Trinajstić information content (AvgIpc) is 2.29. The Morgan fingerprint density at radius 2 is 2.00 bits per heavy atom. The molecule has 0 saturated heterocycles. The molecule has 0 radical (unpaired) electrons. The van der Waals surface area contributed by atoms with E-state index in [0.29, 0.717) is 5.69 Å². The molecule has 1 aromatic heterocycles. The maximum absolute atomic E-state index is 5.95. The minimum Gasteiger partial charge on any atom is -0.496 e. The number of para-hydroxylation sites is 1. The van der Waals surface area contributed by atoms with E-state index >= 15 is 0 Å². The number of rotatable bonds is 2. The Morgan fingerprint density at radius 3 is 2.69 bits per heavy atom. The predicted molar refractivity (Wildman–Crippen MR) is 68.3 cm³/mol. The van der Waals surface area contributed by atoms with Crippen molar-refractivity contribution in [3.63, 3.8) is 0 Å². The summed E-state index contributed by atoms with van der Waals surface area (Å²) in [5.74, 6) is 0.780. The first kappa shape index (κ1) is 11.0. The first-order valence-electron chi connectivity index (χ1n) is 4.77. The highest BCUT2D eigenvalue weighted by atomic mass is 79.9. The quantitative estimate of drug-likeness (QED) is 0.859. The number of methoxy groups -OCH3 is 1. The Morgan fingerprint density at radius 1 is 1.25 bits per heavy atom. The lowest BCUT2D eigenvalue weighted by Gasteiger charge is -2.11. The standard InChI is InChI=1S/C12H11BrN2O/c1-16-10-5-3-2-4-8(10)11-9(14)6-7-15-12(11)13/h2-7H,1H3,(H2,14,15). The summed E-state index contributed by atoms with van der Waals surface area (Å²) >= 11 is 3.40. The predicted octanol–water partition coefficient (Wildman–Crippen LogP) is 3.10. The molecule has 2 aromatic rings. The van der Waals surface area contributed by atoms with Crippen LogP contribution in [-0.4, -0.2) is 12.1 Å². The van der Waals surface area contributed by atoms with Crippen molar-refractivity contribution in [3.05, 3.63) is 41.1 Å². The lowest BCUT2D eigenvalue weighted by molar-refractivity contribution is 0.416. The van der Waals surface area contributed by atoms with Gasteiger partial charge in [-0.15, -0.1) is 0 Å². The molecular weight excluding hydrogens is 268 g/mol. The lowest BCUT2D eigenvalue weighted by Crippen LogP contribution is -1.95. The number of anilines is 1. The van der Waals surface area contributed by atoms with Crippen molar-refractivity contribution in [1.29, 1.82) is 0 Å². The summed E-state index contributed by atoms with van der Waals surface area (Å²) in [6.45, 7) is 0. The molecule has 0 aliphatic carbocycles. The van der Waals surface area contributed by atoms with E-state index in [-0.39, 0.29) is 0 Å². The topological polar surface area (TPSA) is 48.1 Å². The summed E-state index contributed by atoms with van der Waals surface area (Å²) in [5, 5.41) is 0. The van der Waals surface area contributed by atoms with Crippen LogP contribution in [0, 0.1) is 0 Å². The molecule has 0 bridgehead atoms. The maximum atomic E-state index is 5.95. The number of nitrogens with two attached hydrogens (primary N) is 1. The van der Waals surface area contributed by atoms with E-state index in [2.05, 4.69) is 20.9 Å². The van der Waals surface area contributed by atoms with Crippen molar-refractivity contribution in [2.75, 3.05) is 12.8 Å². The van der Waals surface area contributed by atoms with Gasteiger partial charge in [0.2, 0.25) is 0 Å². The van der Waals surface area contributed by atoms with E-state index in [1.165, 1.54) is 0 Å². The van der Waals surface area contributed by atoms with Crippen molar-refractivity contribution in [3.8, 4) is 16.9 Å². The van der Waals surface area contributed by atoms with E-state index in [1.807, 2.05) is 24.3 Å². The second-order valence-electron chi connectivity index (χ2n) is 3.27. The van der Waals surface area contributed by atoms with E-state index in [0.717, 1.165) is 21.5 Å². The van der Waals surface area contributed by atoms with E-state index in [9.17, 15) is 0 Å². The third kappa shape index (κ3) is 1.88. The zero-order chi connectivity index (χ0) is 11.5. The fourth-order valence-corrected chi connectivity index (χ4v) is 2.13. The lowest BCUT2D eigenvalue weighted by atomic mass is 10.1. The van der Waals surface area contributed by atoms with Crippen LogP contribution in [0.1, 0.15) is 0 Å². The highest BCUT2D eigenvalue weighted by molar-refractivity contribution is 9.10. The zero-order valence-corrected chi connectivity index (χ0v) is 10.4. The summed E-state index contributed by atoms with van der Waals surface area (Å²) in [6.07, 6.45) is 1.67. The number of benzene rings is 1. The molecule has 0 spiro atoms. The van der Waals surface area contributed by atoms with Crippen LogP contribution in [0.15, 0.2) is 41.1 Å². The molecule has 0 fully saturated rings. The number of hydrogen-bond acceptors (Lipinski definition) is 3. The number of pyridine rings is 1. The minimum absolute atomic E-state index is 0.673. The molecule has 1 heterocycles. The number of ether oxygens (including phenoxy) is 1. The van der Waals surface area contributed by atoms with Crippen LogP contribution in [0.4, 0.5) is 5.69 Å². The molecule has 2 N–H and O–H groups in total. The fourth-order valence-electron chi connectivity index (χ4n) is 1.57. The Kier molecular flexibility index (Phi) is 3.10. The summed E-state index contributed by atoms with van der Waals surface area (Å²) in [4.78, 5) is 4.17. The second kappa shape index (κ2) is 4.53. The van der Waals surface area contributed by atoms with Gasteiger partial charge in [0.05, 0.1) is 7.11 Å². The highest BCUT2D eigenvalue weighted by Crippen LogP contribution is 2.37. The molecule has 0 atom stereocenters. The van der Waals surface area contributed by atoms with Crippen LogP contribution in [0.2, 0.25) is 0 Å². The van der Waals surface area contributed by atoms with Crippen molar-refractivity contribution in [2.45, 2.75) is 0 Å². The van der Waals surface area contributed by atoms with Crippen molar-refractivity contribution >= 4 is 21.6 Å². The molecule has 2 rings (SSSR count). The van der Waals surface area contributed by atoms with E-state index in [1.54, 1.807) is 19.4 Å². The number of hydrogen-bond donors (Lipinski definition) is 1. The SMILES string of the molecule is COc1ccccc1-c1c(N)ccnc1Br. The number of aromatic nitrogens is 1. The summed E-state index contributed by atoms with van der Waals surface area (Å²) in [6, 6.07) is 9.48. The summed E-state index contributed by atoms with van der Waals surface area (Å²) in [7, 11) is 1.64. The van der Waals surface area contributed by atoms with E-state index < -0.39 is 0 Å². The monoisotopic (exact) mass is 278 g/mol. The Labute approximate surface area is 102 Å². The Hall–Kier alpha value is -1.55. The molecule has 0 aliphatic heterocycles. The molecule has 0 saturated carbocycles. The third-order valence-corrected chi connectivity index (χ3v) is 2.91. The fraction of sp³-hybridized carbons (Fsp3) is 0.0833. The number of nitrogen functional groups attached to an aromatic ring is 1. The van der Waals surface area contributed by atoms with Gasteiger partial charge in [0.25, 0.3) is 0 Å². The van der Waals surface area contributed by atoms with Gasteiger partial charge in [0.15, 0.2) is 0 Å². The molecule has 0 unspecified atom stereocenters. The first-order valence-corrected chi connectivity index (χ1v) is 5.56. The van der Waals surface area contributed by atoms with Gasteiger partial charge >= 0.3 is 0 Å². The van der Waals surface area contributed by atoms with Crippen LogP contribution >= 0.6 is 15.9 Å². The summed E-state index contributed by atoms with van der Waals surface area (Å²) < 4.78 is 6.03. The van der Waals surface area contributed by atoms with Gasteiger partial charge < -0.3 is 10.5 Å². The molecular formula is C12H11BrN2O. The number of halogens is 1. The molecule has 4 heteroatoms. The van der Waals surface area contributed by atoms with Crippen molar-refractivity contribution in [1.82, 2.24) is 4.98 Å². The molecule has 0 aliphatic rings. The Balaban J connectivity index is 2.67. The van der Waals surface area contributed by atoms with Crippen LogP contribution in [0.5, 0.6) is 5.75 Å². The van der Waals surface area contributed by atoms with Gasteiger partial charge in [-0.2, -0.15) is 0 Å². The second-order valence-corrected chi connectivity index (χ2v) is 4.02. The molecule has 1 aromatic carbocycles. The van der Waals surface area contributed by atoms with Crippen LogP contribution < -0.4 is 10.5 Å². The zero-order valence-electron chi connectivity index (χ0n) is 8.77. The Bertz CT molecular complexity index is 494. The van der Waals surface area contributed by atoms with Gasteiger partial charge in [-0.25, -0.2) is 4.98 Å². The van der Waals surface area contributed by atoms with Crippen molar-refractivity contribution in [2.24, 2.45) is 0 Å². The van der Waals surface area contributed by atoms with E-state index in [4.69, 9.17) is 10.5 Å². The summed E-state index contributed by atoms with van der Waals surface area (Å²) in [5.41, 5.74) is 8.42.